The molecule has 2 aliphatic rings. The number of ether oxygens (including phenoxy) is 2. The lowest BCUT2D eigenvalue weighted by Crippen LogP contribution is -2.56. The van der Waals surface area contributed by atoms with Gasteiger partial charge in [0.15, 0.2) is 12.1 Å². The molecule has 3 aromatic rings. The van der Waals surface area contributed by atoms with E-state index in [2.05, 4.69) is 40.3 Å². The lowest BCUT2D eigenvalue weighted by molar-refractivity contribution is 0.0144. The van der Waals surface area contributed by atoms with Crippen LogP contribution in [0.5, 0.6) is 5.88 Å². The molecule has 0 N–H and O–H groups in total. The van der Waals surface area contributed by atoms with Crippen LogP contribution in [0.15, 0.2) is 42.5 Å². The summed E-state index contributed by atoms with van der Waals surface area (Å²) in [5.41, 5.74) is 1.30. The number of aldehydes is 1. The van der Waals surface area contributed by atoms with Gasteiger partial charge in [0.05, 0.1) is 24.1 Å². The van der Waals surface area contributed by atoms with Gasteiger partial charge in [0.25, 0.3) is 0 Å². The molecular formula is C29H31N5O4. The number of rotatable bonds is 4. The van der Waals surface area contributed by atoms with E-state index in [0.29, 0.717) is 44.0 Å². The third-order valence-electron chi connectivity index (χ3n) is 6.89. The summed E-state index contributed by atoms with van der Waals surface area (Å²) < 4.78 is 12.0. The Bertz CT molecular complexity index is 1410. The number of nitrogens with zero attached hydrogens (tertiary/aromatic N) is 5. The molecule has 38 heavy (non-hydrogen) atoms. The molecule has 0 unspecified atom stereocenters. The molecule has 196 valence electrons. The number of carbonyl (C=O) groups is 2. The molecule has 3 heterocycles. The Morgan fingerprint density at radius 2 is 1.97 bits per heavy atom. The number of hydrogen-bond donors (Lipinski definition) is 0. The standard InChI is InChI=1S/C29H31N5O4/c1-29(2,3)38-28(36)34-16-15-33(17-20(34)13-14-30)26-23-11-12-24(37-27(23)32-25(18-35)31-26)22-10-6-8-19-7-4-5-9-21(19)22/h4-10,18,20,24H,11-13,15-17H2,1-3H3/t20-,24-/m0/s1. The monoisotopic (exact) mass is 513 g/mol. The van der Waals surface area contributed by atoms with Crippen molar-refractivity contribution >= 4 is 29.0 Å². The van der Waals surface area contributed by atoms with Crippen molar-refractivity contribution in [3.8, 4) is 11.9 Å². The lowest BCUT2D eigenvalue weighted by atomic mass is 9.94. The molecule has 0 saturated carbocycles. The van der Waals surface area contributed by atoms with Gasteiger partial charge in [0, 0.05) is 25.2 Å². The Labute approximate surface area is 222 Å². The van der Waals surface area contributed by atoms with E-state index < -0.39 is 11.7 Å². The maximum absolute atomic E-state index is 12.8. The van der Waals surface area contributed by atoms with Crippen molar-refractivity contribution in [3.05, 3.63) is 59.4 Å². The molecule has 0 aliphatic carbocycles. The minimum Gasteiger partial charge on any atom is -0.469 e. The first kappa shape index (κ1) is 25.5. The van der Waals surface area contributed by atoms with Crippen LogP contribution in [0.25, 0.3) is 10.8 Å². The van der Waals surface area contributed by atoms with Gasteiger partial charge in [0.1, 0.15) is 17.5 Å². The Hall–Kier alpha value is -4.19. The molecule has 0 radical (unpaired) electrons. The summed E-state index contributed by atoms with van der Waals surface area (Å²) in [5.74, 6) is 1.08. The molecule has 2 aliphatic heterocycles. The highest BCUT2D eigenvalue weighted by atomic mass is 16.6. The first-order chi connectivity index (χ1) is 18.3. The molecule has 1 fully saturated rings. The van der Waals surface area contributed by atoms with Crippen LogP contribution < -0.4 is 9.64 Å². The van der Waals surface area contributed by atoms with E-state index >= 15 is 0 Å². The Balaban J connectivity index is 1.43. The zero-order valence-corrected chi connectivity index (χ0v) is 21.9. The number of carbonyl (C=O) groups excluding carboxylic acids is 2. The van der Waals surface area contributed by atoms with Crippen molar-refractivity contribution in [3.63, 3.8) is 0 Å². The van der Waals surface area contributed by atoms with E-state index in [0.717, 1.165) is 28.3 Å². The average Bonchev–Trinajstić information content (AvgIpc) is 2.91. The first-order valence-corrected chi connectivity index (χ1v) is 12.9. The Morgan fingerprint density at radius 3 is 2.74 bits per heavy atom. The number of benzene rings is 2. The Morgan fingerprint density at radius 1 is 1.18 bits per heavy atom. The number of aromatic nitrogens is 2. The van der Waals surface area contributed by atoms with Crippen molar-refractivity contribution in [2.24, 2.45) is 0 Å². The van der Waals surface area contributed by atoms with E-state index in [4.69, 9.17) is 9.47 Å². The van der Waals surface area contributed by atoms with Crippen molar-refractivity contribution < 1.29 is 19.1 Å². The number of fused-ring (bicyclic) bond motifs is 2. The Kier molecular flexibility index (Phi) is 6.89. The van der Waals surface area contributed by atoms with Crippen LogP contribution in [-0.4, -0.2) is 58.5 Å². The maximum Gasteiger partial charge on any atom is 0.410 e. The number of amides is 1. The van der Waals surface area contributed by atoms with E-state index in [1.165, 1.54) is 0 Å². The number of piperazine rings is 1. The molecule has 2 atom stereocenters. The minimum atomic E-state index is -0.631. The van der Waals surface area contributed by atoms with Crippen LogP contribution in [0.4, 0.5) is 10.6 Å². The SMILES string of the molecule is CC(C)(C)OC(=O)N1CCN(c2nc(C=O)nc3c2CC[C@@H](c2cccc4ccccc24)O3)C[C@@H]1CC#N. The summed E-state index contributed by atoms with van der Waals surface area (Å²) in [5, 5.41) is 11.7. The van der Waals surface area contributed by atoms with Crippen LogP contribution in [0.3, 0.4) is 0 Å². The molecular weight excluding hydrogens is 482 g/mol. The molecule has 9 nitrogen and oxygen atoms in total. The highest BCUT2D eigenvalue weighted by Gasteiger charge is 2.36. The molecule has 0 spiro atoms. The topological polar surface area (TPSA) is 109 Å². The normalized spacial score (nSPS) is 19.3. The highest BCUT2D eigenvalue weighted by molar-refractivity contribution is 5.86. The quantitative estimate of drug-likeness (QED) is 0.456. The van der Waals surface area contributed by atoms with E-state index in [1.807, 2.05) is 43.9 Å². The van der Waals surface area contributed by atoms with Gasteiger partial charge >= 0.3 is 6.09 Å². The van der Waals surface area contributed by atoms with Crippen LogP contribution >= 0.6 is 0 Å². The summed E-state index contributed by atoms with van der Waals surface area (Å²) in [6.07, 6.45) is 1.55. The molecule has 5 rings (SSSR count). The van der Waals surface area contributed by atoms with Crippen molar-refractivity contribution in [2.45, 2.75) is 57.8 Å². The highest BCUT2D eigenvalue weighted by Crippen LogP contribution is 2.40. The largest absolute Gasteiger partial charge is 0.469 e. The third kappa shape index (κ3) is 5.12. The van der Waals surface area contributed by atoms with Crippen molar-refractivity contribution in [1.29, 1.82) is 5.26 Å². The van der Waals surface area contributed by atoms with Gasteiger partial charge in [-0.15, -0.1) is 0 Å². The predicted molar refractivity (Wildman–Crippen MR) is 142 cm³/mol. The van der Waals surface area contributed by atoms with Crippen LogP contribution in [0, 0.1) is 11.3 Å². The fourth-order valence-corrected chi connectivity index (χ4v) is 5.21. The fraction of sp³-hybridized carbons (Fsp3) is 0.414. The van der Waals surface area contributed by atoms with Crippen molar-refractivity contribution in [2.75, 3.05) is 24.5 Å². The van der Waals surface area contributed by atoms with E-state index in [-0.39, 0.29) is 24.4 Å². The van der Waals surface area contributed by atoms with Crippen LogP contribution in [0.2, 0.25) is 0 Å². The average molecular weight is 514 g/mol. The summed E-state index contributed by atoms with van der Waals surface area (Å²) >= 11 is 0. The maximum atomic E-state index is 12.8. The van der Waals surface area contributed by atoms with Crippen LogP contribution in [-0.2, 0) is 11.2 Å². The number of anilines is 1. The van der Waals surface area contributed by atoms with Gasteiger partial charge in [-0.25, -0.2) is 9.78 Å². The summed E-state index contributed by atoms with van der Waals surface area (Å²) in [7, 11) is 0. The van der Waals surface area contributed by atoms with Gasteiger partial charge < -0.3 is 19.3 Å². The molecule has 0 bridgehead atoms. The van der Waals surface area contributed by atoms with E-state index in [9.17, 15) is 14.9 Å². The summed E-state index contributed by atoms with van der Waals surface area (Å²) in [6.45, 7) is 6.70. The second-order valence-corrected chi connectivity index (χ2v) is 10.7. The van der Waals surface area contributed by atoms with Gasteiger partial charge in [-0.3, -0.25) is 4.79 Å². The van der Waals surface area contributed by atoms with Crippen LogP contribution in [0.1, 0.15) is 61.5 Å². The molecule has 1 amide bonds. The zero-order valence-electron chi connectivity index (χ0n) is 21.9. The van der Waals surface area contributed by atoms with Gasteiger partial charge in [-0.1, -0.05) is 42.5 Å². The first-order valence-electron chi connectivity index (χ1n) is 12.9. The summed E-state index contributed by atoms with van der Waals surface area (Å²) in [6, 6.07) is 16.2. The minimum absolute atomic E-state index is 0.0451. The third-order valence-corrected chi connectivity index (χ3v) is 6.89. The number of hydrogen-bond acceptors (Lipinski definition) is 8. The van der Waals surface area contributed by atoms with Gasteiger partial charge in [0.2, 0.25) is 5.88 Å². The molecule has 9 heteroatoms. The van der Waals surface area contributed by atoms with Gasteiger partial charge in [-0.2, -0.15) is 10.2 Å². The smallest absolute Gasteiger partial charge is 0.410 e. The second-order valence-electron chi connectivity index (χ2n) is 10.7. The van der Waals surface area contributed by atoms with Crippen molar-refractivity contribution in [1.82, 2.24) is 14.9 Å². The predicted octanol–water partition coefficient (Wildman–Crippen LogP) is 4.85. The second kappa shape index (κ2) is 10.3. The lowest BCUT2D eigenvalue weighted by Gasteiger charge is -2.42. The number of nitriles is 1. The van der Waals surface area contributed by atoms with Gasteiger partial charge in [-0.05, 0) is 44.4 Å². The molecule has 1 saturated heterocycles. The fourth-order valence-electron chi connectivity index (χ4n) is 5.21. The molecule has 2 aromatic carbocycles. The zero-order chi connectivity index (χ0) is 26.9. The molecule has 1 aromatic heterocycles. The summed E-state index contributed by atoms with van der Waals surface area (Å²) in [4.78, 5) is 37.2. The van der Waals surface area contributed by atoms with E-state index in [1.54, 1.807) is 4.90 Å².